The maximum atomic E-state index is 9.49. The first-order valence-corrected chi connectivity index (χ1v) is 6.31. The van der Waals surface area contributed by atoms with Crippen LogP contribution in [0.25, 0.3) is 0 Å². The van der Waals surface area contributed by atoms with E-state index in [1.807, 2.05) is 43.3 Å². The van der Waals surface area contributed by atoms with Gasteiger partial charge in [0.2, 0.25) is 0 Å². The van der Waals surface area contributed by atoms with Crippen LogP contribution in [0.15, 0.2) is 42.7 Å². The molecule has 1 heterocycles. The third-order valence-electron chi connectivity index (χ3n) is 2.73. The van der Waals surface area contributed by atoms with E-state index in [1.165, 1.54) is 6.33 Å². The second-order valence-electron chi connectivity index (χ2n) is 4.11. The van der Waals surface area contributed by atoms with Gasteiger partial charge in [-0.2, -0.15) is 0 Å². The molecule has 3 N–H and O–H groups in total. The van der Waals surface area contributed by atoms with Crippen LogP contribution < -0.4 is 10.6 Å². The Morgan fingerprint density at radius 3 is 2.58 bits per heavy atom. The summed E-state index contributed by atoms with van der Waals surface area (Å²) in [5.74, 6) is 1.46. The zero-order valence-corrected chi connectivity index (χ0v) is 10.9. The topological polar surface area (TPSA) is 70.1 Å². The van der Waals surface area contributed by atoms with E-state index in [0.717, 1.165) is 17.9 Å². The van der Waals surface area contributed by atoms with Crippen molar-refractivity contribution in [2.45, 2.75) is 13.0 Å². The van der Waals surface area contributed by atoms with Gasteiger partial charge in [-0.3, -0.25) is 0 Å². The fourth-order valence-electron chi connectivity index (χ4n) is 1.81. The quantitative estimate of drug-likeness (QED) is 0.740. The molecule has 0 aliphatic carbocycles. The zero-order valence-electron chi connectivity index (χ0n) is 10.9. The van der Waals surface area contributed by atoms with Crippen molar-refractivity contribution in [3.8, 4) is 0 Å². The van der Waals surface area contributed by atoms with Gasteiger partial charge < -0.3 is 15.7 Å². The van der Waals surface area contributed by atoms with Gasteiger partial charge in [0.15, 0.2) is 0 Å². The highest BCUT2D eigenvalue weighted by atomic mass is 16.3. The van der Waals surface area contributed by atoms with Crippen LogP contribution in [0.5, 0.6) is 0 Å². The van der Waals surface area contributed by atoms with Crippen molar-refractivity contribution < 1.29 is 5.11 Å². The average molecular weight is 258 g/mol. The SMILES string of the molecule is CCNc1cc(NC(CO)c2ccccc2)ncn1. The van der Waals surface area contributed by atoms with Crippen molar-refractivity contribution >= 4 is 11.6 Å². The summed E-state index contributed by atoms with van der Waals surface area (Å²) in [4.78, 5) is 8.27. The van der Waals surface area contributed by atoms with E-state index in [9.17, 15) is 5.11 Å². The lowest BCUT2D eigenvalue weighted by molar-refractivity contribution is 0.276. The van der Waals surface area contributed by atoms with Gasteiger partial charge in [0.25, 0.3) is 0 Å². The number of nitrogens with zero attached hydrogens (tertiary/aromatic N) is 2. The molecule has 1 aromatic carbocycles. The van der Waals surface area contributed by atoms with E-state index in [2.05, 4.69) is 20.6 Å². The minimum Gasteiger partial charge on any atom is -0.394 e. The van der Waals surface area contributed by atoms with E-state index in [-0.39, 0.29) is 12.6 Å². The van der Waals surface area contributed by atoms with Crippen molar-refractivity contribution in [1.82, 2.24) is 9.97 Å². The molecule has 0 fully saturated rings. The summed E-state index contributed by atoms with van der Waals surface area (Å²) < 4.78 is 0. The molecule has 100 valence electrons. The summed E-state index contributed by atoms with van der Waals surface area (Å²) in [6.07, 6.45) is 1.50. The Labute approximate surface area is 112 Å². The highest BCUT2D eigenvalue weighted by Gasteiger charge is 2.10. The molecule has 0 aliphatic rings. The molecule has 2 aromatic rings. The van der Waals surface area contributed by atoms with Crippen LogP contribution >= 0.6 is 0 Å². The van der Waals surface area contributed by atoms with Gasteiger partial charge in [-0.05, 0) is 12.5 Å². The summed E-state index contributed by atoms with van der Waals surface area (Å²) >= 11 is 0. The Bertz CT molecular complexity index is 504. The molecule has 19 heavy (non-hydrogen) atoms. The van der Waals surface area contributed by atoms with Crippen LogP contribution in [0.2, 0.25) is 0 Å². The van der Waals surface area contributed by atoms with Crippen molar-refractivity contribution in [2.24, 2.45) is 0 Å². The summed E-state index contributed by atoms with van der Waals surface area (Å²) in [5.41, 5.74) is 1.02. The molecule has 0 saturated heterocycles. The molecule has 1 atom stereocenters. The standard InChI is InChI=1S/C14H18N4O/c1-2-15-13-8-14(17-10-16-13)18-12(9-19)11-6-4-3-5-7-11/h3-8,10,12,19H,2,9H2,1H3,(H2,15,16,17,18). The van der Waals surface area contributed by atoms with Gasteiger partial charge in [-0.1, -0.05) is 30.3 Å². The van der Waals surface area contributed by atoms with Crippen molar-refractivity contribution in [1.29, 1.82) is 0 Å². The molecule has 0 saturated carbocycles. The van der Waals surface area contributed by atoms with E-state index < -0.39 is 0 Å². The summed E-state index contributed by atoms with van der Waals surface area (Å²) in [6, 6.07) is 11.4. The minimum atomic E-state index is -0.175. The summed E-state index contributed by atoms with van der Waals surface area (Å²) in [6.45, 7) is 2.82. The normalized spacial score (nSPS) is 11.9. The average Bonchev–Trinajstić information content (AvgIpc) is 2.46. The second-order valence-corrected chi connectivity index (χ2v) is 4.11. The maximum Gasteiger partial charge on any atom is 0.132 e. The number of aliphatic hydroxyl groups excluding tert-OH is 1. The van der Waals surface area contributed by atoms with E-state index in [4.69, 9.17) is 0 Å². The van der Waals surface area contributed by atoms with E-state index in [0.29, 0.717) is 5.82 Å². The minimum absolute atomic E-state index is 0.00452. The van der Waals surface area contributed by atoms with Gasteiger partial charge in [-0.15, -0.1) is 0 Å². The van der Waals surface area contributed by atoms with Crippen LogP contribution in [0.3, 0.4) is 0 Å². The molecule has 5 heteroatoms. The summed E-state index contributed by atoms with van der Waals surface area (Å²) in [5, 5.41) is 15.8. The summed E-state index contributed by atoms with van der Waals surface area (Å²) in [7, 11) is 0. The smallest absolute Gasteiger partial charge is 0.132 e. The molecule has 0 spiro atoms. The van der Waals surface area contributed by atoms with Crippen molar-refractivity contribution in [3.05, 3.63) is 48.3 Å². The number of nitrogens with one attached hydrogen (secondary N) is 2. The van der Waals surface area contributed by atoms with Gasteiger partial charge in [-0.25, -0.2) is 9.97 Å². The van der Waals surface area contributed by atoms with Gasteiger partial charge in [0.1, 0.15) is 18.0 Å². The van der Waals surface area contributed by atoms with E-state index in [1.54, 1.807) is 0 Å². The lowest BCUT2D eigenvalue weighted by atomic mass is 10.1. The highest BCUT2D eigenvalue weighted by Crippen LogP contribution is 2.18. The molecule has 5 nitrogen and oxygen atoms in total. The largest absolute Gasteiger partial charge is 0.394 e. The number of aromatic nitrogens is 2. The number of hydrogen-bond acceptors (Lipinski definition) is 5. The Kier molecular flexibility index (Phi) is 4.69. The molecule has 2 rings (SSSR count). The van der Waals surface area contributed by atoms with Crippen molar-refractivity contribution in [2.75, 3.05) is 23.8 Å². The number of benzene rings is 1. The lowest BCUT2D eigenvalue weighted by Gasteiger charge is -2.17. The van der Waals surface area contributed by atoms with Gasteiger partial charge in [0, 0.05) is 12.6 Å². The van der Waals surface area contributed by atoms with Crippen LogP contribution in [-0.4, -0.2) is 28.2 Å². The third kappa shape index (κ3) is 3.66. The van der Waals surface area contributed by atoms with Gasteiger partial charge >= 0.3 is 0 Å². The Hall–Kier alpha value is -2.14. The fraction of sp³-hybridized carbons (Fsp3) is 0.286. The predicted molar refractivity (Wildman–Crippen MR) is 76.1 cm³/mol. The molecule has 0 bridgehead atoms. The first-order chi connectivity index (χ1) is 9.33. The number of hydrogen-bond donors (Lipinski definition) is 3. The number of aliphatic hydroxyl groups is 1. The molecular formula is C14H18N4O. The number of rotatable bonds is 6. The lowest BCUT2D eigenvalue weighted by Crippen LogP contribution is -2.16. The predicted octanol–water partition coefficient (Wildman–Crippen LogP) is 2.05. The Balaban J connectivity index is 2.12. The fourth-order valence-corrected chi connectivity index (χ4v) is 1.81. The second kappa shape index (κ2) is 6.70. The maximum absolute atomic E-state index is 9.49. The molecule has 1 unspecified atom stereocenters. The van der Waals surface area contributed by atoms with Crippen LogP contribution in [-0.2, 0) is 0 Å². The van der Waals surface area contributed by atoms with Crippen LogP contribution in [0, 0.1) is 0 Å². The zero-order chi connectivity index (χ0) is 13.5. The monoisotopic (exact) mass is 258 g/mol. The highest BCUT2D eigenvalue weighted by molar-refractivity contribution is 5.47. The Morgan fingerprint density at radius 2 is 1.89 bits per heavy atom. The van der Waals surface area contributed by atoms with Crippen LogP contribution in [0.4, 0.5) is 11.6 Å². The molecule has 0 radical (unpaired) electrons. The Morgan fingerprint density at radius 1 is 1.16 bits per heavy atom. The first kappa shape index (κ1) is 13.3. The van der Waals surface area contributed by atoms with Crippen molar-refractivity contribution in [3.63, 3.8) is 0 Å². The molecule has 0 amide bonds. The van der Waals surface area contributed by atoms with Crippen LogP contribution in [0.1, 0.15) is 18.5 Å². The molecule has 0 aliphatic heterocycles. The molecular weight excluding hydrogens is 240 g/mol. The third-order valence-corrected chi connectivity index (χ3v) is 2.73. The molecule has 1 aromatic heterocycles. The number of anilines is 2. The first-order valence-electron chi connectivity index (χ1n) is 6.31. The van der Waals surface area contributed by atoms with E-state index >= 15 is 0 Å². The van der Waals surface area contributed by atoms with Gasteiger partial charge in [0.05, 0.1) is 12.6 Å².